The third kappa shape index (κ3) is 4.51. The SMILES string of the molecule is Cc1cccc(CNCC2CCCCCC2)c1. The summed E-state index contributed by atoms with van der Waals surface area (Å²) in [6.07, 6.45) is 8.65. The van der Waals surface area contributed by atoms with Crippen molar-refractivity contribution in [3.8, 4) is 0 Å². The maximum absolute atomic E-state index is 3.63. The third-order valence-electron chi connectivity index (χ3n) is 3.82. The smallest absolute Gasteiger partial charge is 0.0205 e. The molecule has 0 spiro atoms. The molecule has 0 atom stereocenters. The molecular weight excluding hydrogens is 206 g/mol. The van der Waals surface area contributed by atoms with Crippen molar-refractivity contribution in [2.45, 2.75) is 52.0 Å². The van der Waals surface area contributed by atoms with Crippen molar-refractivity contribution >= 4 is 0 Å². The largest absolute Gasteiger partial charge is 0.312 e. The van der Waals surface area contributed by atoms with Crippen molar-refractivity contribution in [3.05, 3.63) is 35.4 Å². The van der Waals surface area contributed by atoms with Gasteiger partial charge < -0.3 is 5.32 Å². The Morgan fingerprint density at radius 3 is 2.59 bits per heavy atom. The van der Waals surface area contributed by atoms with Crippen LogP contribution in [-0.2, 0) is 6.54 Å². The van der Waals surface area contributed by atoms with Gasteiger partial charge in [-0.15, -0.1) is 0 Å². The molecule has 1 nitrogen and oxygen atoms in total. The monoisotopic (exact) mass is 231 g/mol. The summed E-state index contributed by atoms with van der Waals surface area (Å²) in [6, 6.07) is 8.81. The fraction of sp³-hybridized carbons (Fsp3) is 0.625. The quantitative estimate of drug-likeness (QED) is 0.771. The highest BCUT2D eigenvalue weighted by atomic mass is 14.9. The highest BCUT2D eigenvalue weighted by Gasteiger charge is 2.11. The van der Waals surface area contributed by atoms with Crippen molar-refractivity contribution in [1.82, 2.24) is 5.32 Å². The first kappa shape index (κ1) is 12.6. The second-order valence-corrected chi connectivity index (χ2v) is 5.48. The second-order valence-electron chi connectivity index (χ2n) is 5.48. The molecule has 0 unspecified atom stereocenters. The number of hydrogen-bond acceptors (Lipinski definition) is 1. The van der Waals surface area contributed by atoms with Gasteiger partial charge in [0, 0.05) is 6.54 Å². The average molecular weight is 231 g/mol. The predicted octanol–water partition coefficient (Wildman–Crippen LogP) is 4.06. The van der Waals surface area contributed by atoms with Gasteiger partial charge in [-0.1, -0.05) is 55.5 Å². The normalized spacial score (nSPS) is 17.9. The standard InChI is InChI=1S/C16H25N/c1-14-7-6-10-16(11-14)13-17-12-15-8-4-2-3-5-9-15/h6-7,10-11,15,17H,2-5,8-9,12-13H2,1H3. The fourth-order valence-electron chi connectivity index (χ4n) is 2.81. The van der Waals surface area contributed by atoms with Crippen LogP contribution >= 0.6 is 0 Å². The molecule has 1 aromatic rings. The Morgan fingerprint density at radius 1 is 1.12 bits per heavy atom. The van der Waals surface area contributed by atoms with E-state index in [-0.39, 0.29) is 0 Å². The molecule has 1 aliphatic rings. The van der Waals surface area contributed by atoms with Gasteiger partial charge in [-0.05, 0) is 37.8 Å². The third-order valence-corrected chi connectivity index (χ3v) is 3.82. The Kier molecular flexibility index (Phi) is 5.06. The Balaban J connectivity index is 1.71. The molecule has 0 radical (unpaired) electrons. The number of hydrogen-bond donors (Lipinski definition) is 1. The Morgan fingerprint density at radius 2 is 1.88 bits per heavy atom. The molecule has 1 aromatic carbocycles. The van der Waals surface area contributed by atoms with Crippen molar-refractivity contribution in [3.63, 3.8) is 0 Å². The second kappa shape index (κ2) is 6.80. The first-order valence-electron chi connectivity index (χ1n) is 7.11. The molecule has 0 bridgehead atoms. The summed E-state index contributed by atoms with van der Waals surface area (Å²) in [7, 11) is 0. The lowest BCUT2D eigenvalue weighted by molar-refractivity contribution is 0.425. The zero-order valence-corrected chi connectivity index (χ0v) is 11.0. The van der Waals surface area contributed by atoms with Gasteiger partial charge >= 0.3 is 0 Å². The highest BCUT2D eigenvalue weighted by molar-refractivity contribution is 5.21. The van der Waals surface area contributed by atoms with E-state index in [4.69, 9.17) is 0 Å². The number of aryl methyl sites for hydroxylation is 1. The van der Waals surface area contributed by atoms with E-state index in [1.165, 1.54) is 56.2 Å². The van der Waals surface area contributed by atoms with Crippen molar-refractivity contribution < 1.29 is 0 Å². The molecule has 0 amide bonds. The van der Waals surface area contributed by atoms with Gasteiger partial charge in [0.1, 0.15) is 0 Å². The van der Waals surface area contributed by atoms with Crippen molar-refractivity contribution in [1.29, 1.82) is 0 Å². The van der Waals surface area contributed by atoms with Gasteiger partial charge in [-0.2, -0.15) is 0 Å². The fourth-order valence-corrected chi connectivity index (χ4v) is 2.81. The first-order valence-corrected chi connectivity index (χ1v) is 7.11. The summed E-state index contributed by atoms with van der Waals surface area (Å²) >= 11 is 0. The number of rotatable bonds is 4. The Labute approximate surface area is 106 Å². The summed E-state index contributed by atoms with van der Waals surface area (Å²) in [4.78, 5) is 0. The molecule has 2 rings (SSSR count). The molecule has 0 heterocycles. The lowest BCUT2D eigenvalue weighted by Gasteiger charge is -2.14. The Hall–Kier alpha value is -0.820. The van der Waals surface area contributed by atoms with Crippen molar-refractivity contribution in [2.75, 3.05) is 6.54 Å². The van der Waals surface area contributed by atoms with Crippen LogP contribution in [0.5, 0.6) is 0 Å². The van der Waals surface area contributed by atoms with Crippen LogP contribution in [-0.4, -0.2) is 6.54 Å². The summed E-state index contributed by atoms with van der Waals surface area (Å²) in [5.41, 5.74) is 2.78. The van der Waals surface area contributed by atoms with E-state index in [1.54, 1.807) is 0 Å². The molecule has 1 saturated carbocycles. The van der Waals surface area contributed by atoms with Gasteiger partial charge in [0.2, 0.25) is 0 Å². The van der Waals surface area contributed by atoms with Crippen LogP contribution < -0.4 is 5.32 Å². The molecule has 94 valence electrons. The predicted molar refractivity (Wildman–Crippen MR) is 74.1 cm³/mol. The van der Waals surface area contributed by atoms with Gasteiger partial charge in [0.15, 0.2) is 0 Å². The van der Waals surface area contributed by atoms with Crippen LogP contribution in [0.1, 0.15) is 49.7 Å². The van der Waals surface area contributed by atoms with E-state index in [9.17, 15) is 0 Å². The number of nitrogens with one attached hydrogen (secondary N) is 1. The Bertz CT molecular complexity index is 324. The van der Waals surface area contributed by atoms with Gasteiger partial charge in [-0.3, -0.25) is 0 Å². The van der Waals surface area contributed by atoms with Crippen LogP contribution in [0.15, 0.2) is 24.3 Å². The topological polar surface area (TPSA) is 12.0 Å². The average Bonchev–Trinajstić information content (AvgIpc) is 2.58. The lowest BCUT2D eigenvalue weighted by atomic mass is 10.0. The highest BCUT2D eigenvalue weighted by Crippen LogP contribution is 2.22. The van der Waals surface area contributed by atoms with E-state index in [0.717, 1.165) is 12.5 Å². The molecule has 1 aliphatic carbocycles. The molecule has 1 fully saturated rings. The van der Waals surface area contributed by atoms with E-state index in [0.29, 0.717) is 0 Å². The van der Waals surface area contributed by atoms with Crippen LogP contribution in [0, 0.1) is 12.8 Å². The molecule has 0 aliphatic heterocycles. The molecule has 0 aromatic heterocycles. The van der Waals surface area contributed by atoms with Crippen LogP contribution in [0.2, 0.25) is 0 Å². The van der Waals surface area contributed by atoms with Crippen LogP contribution in [0.3, 0.4) is 0 Å². The van der Waals surface area contributed by atoms with E-state index in [2.05, 4.69) is 36.5 Å². The summed E-state index contributed by atoms with van der Waals surface area (Å²) in [5, 5.41) is 3.63. The van der Waals surface area contributed by atoms with Crippen LogP contribution in [0.4, 0.5) is 0 Å². The molecule has 1 N–H and O–H groups in total. The zero-order valence-electron chi connectivity index (χ0n) is 11.0. The lowest BCUT2D eigenvalue weighted by Crippen LogP contribution is -2.22. The van der Waals surface area contributed by atoms with E-state index >= 15 is 0 Å². The first-order chi connectivity index (χ1) is 8.34. The number of benzene rings is 1. The summed E-state index contributed by atoms with van der Waals surface area (Å²) in [5.74, 6) is 0.919. The van der Waals surface area contributed by atoms with Gasteiger partial charge in [-0.25, -0.2) is 0 Å². The molecular formula is C16H25N. The maximum Gasteiger partial charge on any atom is 0.0205 e. The van der Waals surface area contributed by atoms with E-state index in [1.807, 2.05) is 0 Å². The maximum atomic E-state index is 3.63. The van der Waals surface area contributed by atoms with Gasteiger partial charge in [0.05, 0.1) is 0 Å². The minimum Gasteiger partial charge on any atom is -0.312 e. The minimum atomic E-state index is 0.919. The van der Waals surface area contributed by atoms with Crippen LogP contribution in [0.25, 0.3) is 0 Å². The molecule has 0 saturated heterocycles. The summed E-state index contributed by atoms with van der Waals surface area (Å²) < 4.78 is 0. The minimum absolute atomic E-state index is 0.919. The summed E-state index contributed by atoms with van der Waals surface area (Å²) in [6.45, 7) is 4.39. The molecule has 1 heteroatoms. The zero-order chi connectivity index (χ0) is 11.9. The van der Waals surface area contributed by atoms with Crippen molar-refractivity contribution in [2.24, 2.45) is 5.92 Å². The molecule has 17 heavy (non-hydrogen) atoms. The van der Waals surface area contributed by atoms with Gasteiger partial charge in [0.25, 0.3) is 0 Å². The van der Waals surface area contributed by atoms with E-state index < -0.39 is 0 Å².